The number of methoxy groups -OCH3 is 8. The Hall–Kier alpha value is -7.10. The van der Waals surface area contributed by atoms with E-state index in [9.17, 15) is 9.59 Å². The minimum Gasteiger partial charge on any atom is -0.493 e. The molecular formula is C48H52N6O10. The van der Waals surface area contributed by atoms with Crippen LogP contribution in [0, 0.1) is 0 Å². The van der Waals surface area contributed by atoms with Crippen LogP contribution in [0.1, 0.15) is 71.4 Å². The zero-order valence-corrected chi connectivity index (χ0v) is 37.4. The highest BCUT2D eigenvalue weighted by Gasteiger charge is 2.32. The number of rotatable bonds is 15. The van der Waals surface area contributed by atoms with E-state index < -0.39 is 0 Å². The van der Waals surface area contributed by atoms with Gasteiger partial charge in [0.15, 0.2) is 34.5 Å². The number of ether oxygens (including phenoxy) is 8. The van der Waals surface area contributed by atoms with Crippen molar-refractivity contribution in [2.75, 3.05) is 56.9 Å². The summed E-state index contributed by atoms with van der Waals surface area (Å²) < 4.78 is 49.4. The van der Waals surface area contributed by atoms with Crippen molar-refractivity contribution in [3.05, 3.63) is 115 Å². The molecule has 64 heavy (non-hydrogen) atoms. The highest BCUT2D eigenvalue weighted by Crippen LogP contribution is 2.52. The van der Waals surface area contributed by atoms with Gasteiger partial charge in [-0.3, -0.25) is 9.59 Å². The van der Waals surface area contributed by atoms with Gasteiger partial charge in [0.1, 0.15) is 0 Å². The van der Waals surface area contributed by atoms with Gasteiger partial charge in [0.25, 0.3) is 0 Å². The van der Waals surface area contributed by atoms with Gasteiger partial charge in [0.2, 0.25) is 22.4 Å². The van der Waals surface area contributed by atoms with Crippen molar-refractivity contribution in [1.82, 2.24) is 30.0 Å². The Balaban J connectivity index is 1.02. The molecule has 0 saturated heterocycles. The van der Waals surface area contributed by atoms with E-state index in [4.69, 9.17) is 37.9 Å². The Morgan fingerprint density at radius 2 is 0.891 bits per heavy atom. The average molecular weight is 873 g/mol. The maximum atomic E-state index is 13.4. The molecule has 0 radical (unpaired) electrons. The van der Waals surface area contributed by atoms with Crippen LogP contribution in [0.2, 0.25) is 0 Å². The molecule has 16 heteroatoms. The fourth-order valence-electron chi connectivity index (χ4n) is 9.22. The molecule has 0 amide bonds. The molecule has 2 aliphatic rings. The summed E-state index contributed by atoms with van der Waals surface area (Å²) in [6.07, 6.45) is 9.54. The minimum absolute atomic E-state index is 0.228. The summed E-state index contributed by atoms with van der Waals surface area (Å²) in [4.78, 5) is 26.9. The molecule has 4 aromatic carbocycles. The summed E-state index contributed by atoms with van der Waals surface area (Å²) in [6, 6.07) is 13.8. The largest absolute Gasteiger partial charge is 0.493 e. The van der Waals surface area contributed by atoms with Gasteiger partial charge < -0.3 is 37.9 Å². The van der Waals surface area contributed by atoms with Crippen LogP contribution in [0.25, 0.3) is 22.3 Å². The number of hydrogen-bond donors (Lipinski definition) is 0. The summed E-state index contributed by atoms with van der Waals surface area (Å²) in [5, 5.41) is 18.4. The third-order valence-corrected chi connectivity index (χ3v) is 12.2. The number of aryl methyl sites for hydroxylation is 4. The number of fused-ring (bicyclic) bond motifs is 6. The molecule has 0 unspecified atom stereocenters. The molecule has 8 rings (SSSR count). The van der Waals surface area contributed by atoms with E-state index in [2.05, 4.69) is 20.6 Å². The van der Waals surface area contributed by atoms with Crippen molar-refractivity contribution in [3.63, 3.8) is 0 Å². The topological polar surface area (TPSA) is 169 Å². The first kappa shape index (κ1) is 43.5. The van der Waals surface area contributed by atoms with Crippen molar-refractivity contribution >= 4 is 0 Å². The summed E-state index contributed by atoms with van der Waals surface area (Å²) >= 11 is 0. The average Bonchev–Trinajstić information content (AvgIpc) is 3.82. The number of unbranched alkanes of at least 4 members (excludes halogenated alkanes) is 1. The molecule has 2 atom stereocenters. The van der Waals surface area contributed by atoms with E-state index in [1.165, 1.54) is 14.2 Å². The third-order valence-electron chi connectivity index (χ3n) is 12.2. The lowest BCUT2D eigenvalue weighted by Gasteiger charge is -2.19. The smallest absolute Gasteiger partial charge is 0.220 e. The minimum atomic E-state index is -0.307. The van der Waals surface area contributed by atoms with Crippen LogP contribution in [0.3, 0.4) is 0 Å². The highest BCUT2D eigenvalue weighted by molar-refractivity contribution is 5.84. The van der Waals surface area contributed by atoms with Crippen LogP contribution >= 0.6 is 0 Å². The van der Waals surface area contributed by atoms with Crippen LogP contribution in [0.4, 0.5) is 0 Å². The van der Waals surface area contributed by atoms with Gasteiger partial charge in [-0.2, -0.15) is 0 Å². The molecule has 0 spiro atoms. The Labute approximate surface area is 370 Å². The monoisotopic (exact) mass is 872 g/mol. The molecule has 2 heterocycles. The number of benzene rings is 2. The van der Waals surface area contributed by atoms with E-state index in [1.807, 2.05) is 46.0 Å². The molecule has 2 aliphatic carbocycles. The summed E-state index contributed by atoms with van der Waals surface area (Å²) in [6.45, 7) is 0. The van der Waals surface area contributed by atoms with Gasteiger partial charge in [-0.15, -0.1) is 10.2 Å². The lowest BCUT2D eigenvalue weighted by atomic mass is 9.95. The summed E-state index contributed by atoms with van der Waals surface area (Å²) in [5.74, 6) is 3.56. The second-order valence-electron chi connectivity index (χ2n) is 15.6. The standard InChI is InChI=1S/C48H52N6O10/c1-57-39-19-15-31-33(23-37(39)55)35(17-13-27-21-41(59-3)45(61-5)47(63-7)43(27)31)53-25-29(49-51-53)11-9-10-12-30-26-54(52-50-30)36-18-14-28-22-42(60-4)46(62-6)48(64-8)44(28)32-16-20-40(58-2)38(56)24-34(32)36/h15-16,19-26,35-36H,9-14,17-18H2,1-8H3/t35-,36-/m0/s1. The molecule has 0 bridgehead atoms. The summed E-state index contributed by atoms with van der Waals surface area (Å²) in [5.41, 5.74) is 7.98. The Kier molecular flexibility index (Phi) is 12.7. The molecule has 334 valence electrons. The van der Waals surface area contributed by atoms with E-state index in [0.29, 0.717) is 73.0 Å². The molecule has 16 nitrogen and oxygen atoms in total. The molecule has 0 fully saturated rings. The molecule has 0 N–H and O–H groups in total. The zero-order chi connectivity index (χ0) is 45.1. The van der Waals surface area contributed by atoms with Gasteiger partial charge in [0.05, 0.1) is 80.3 Å². The number of aromatic nitrogens is 6. The quantitative estimate of drug-likeness (QED) is 0.101. The molecular weight excluding hydrogens is 821 g/mol. The predicted octanol–water partition coefficient (Wildman–Crippen LogP) is 6.63. The second-order valence-corrected chi connectivity index (χ2v) is 15.6. The van der Waals surface area contributed by atoms with Crippen LogP contribution in [0.5, 0.6) is 46.0 Å². The van der Waals surface area contributed by atoms with E-state index in [-0.39, 0.29) is 34.4 Å². The SMILES string of the molecule is COc1cc2c(c(OC)c1OC)-c1ccc(OC)c(=O)cc1[C@@H](n1cc(CCCCc3cn([C@H]4CCc5cc(OC)c(OC)c(OC)c5-c5ccc(OC)c(=O)cc54)nn3)nn1)CC2. The van der Waals surface area contributed by atoms with Gasteiger partial charge in [-0.1, -0.05) is 22.6 Å². The van der Waals surface area contributed by atoms with Crippen molar-refractivity contribution in [3.8, 4) is 68.2 Å². The highest BCUT2D eigenvalue weighted by atomic mass is 16.5. The fourth-order valence-corrected chi connectivity index (χ4v) is 9.22. The lowest BCUT2D eigenvalue weighted by Crippen LogP contribution is -2.13. The first-order valence-corrected chi connectivity index (χ1v) is 21.1. The third kappa shape index (κ3) is 7.92. The van der Waals surface area contributed by atoms with Crippen molar-refractivity contribution in [2.45, 2.75) is 63.5 Å². The maximum Gasteiger partial charge on any atom is 0.220 e. The van der Waals surface area contributed by atoms with Crippen LogP contribution in [-0.4, -0.2) is 86.9 Å². The first-order chi connectivity index (χ1) is 31.2. The van der Waals surface area contributed by atoms with Gasteiger partial charge in [-0.25, -0.2) is 9.36 Å². The van der Waals surface area contributed by atoms with Gasteiger partial charge in [0, 0.05) is 23.5 Å². The van der Waals surface area contributed by atoms with E-state index >= 15 is 0 Å². The van der Waals surface area contributed by atoms with Crippen molar-refractivity contribution in [2.24, 2.45) is 0 Å². The van der Waals surface area contributed by atoms with Crippen LogP contribution in [0.15, 0.2) is 70.5 Å². The van der Waals surface area contributed by atoms with Gasteiger partial charge in [-0.05, 0) is 121 Å². The number of hydrogen-bond acceptors (Lipinski definition) is 14. The second kappa shape index (κ2) is 18.7. The normalized spacial score (nSPS) is 15.0. The molecule has 6 aromatic rings. The number of nitrogens with zero attached hydrogens (tertiary/aromatic N) is 6. The maximum absolute atomic E-state index is 13.4. The Morgan fingerprint density at radius 3 is 1.25 bits per heavy atom. The van der Waals surface area contributed by atoms with Gasteiger partial charge >= 0.3 is 0 Å². The molecule has 2 aromatic heterocycles. The molecule has 0 aliphatic heterocycles. The van der Waals surface area contributed by atoms with Crippen molar-refractivity contribution in [1.29, 1.82) is 0 Å². The Morgan fingerprint density at radius 1 is 0.500 bits per heavy atom. The van der Waals surface area contributed by atoms with Crippen LogP contribution in [-0.2, 0) is 25.7 Å². The molecule has 0 saturated carbocycles. The van der Waals surface area contributed by atoms with Crippen LogP contribution < -0.4 is 48.8 Å². The Bertz CT molecular complexity index is 2630. The zero-order valence-electron chi connectivity index (χ0n) is 37.4. The fraction of sp³-hybridized carbons (Fsp3) is 0.375. The first-order valence-electron chi connectivity index (χ1n) is 21.1. The van der Waals surface area contributed by atoms with E-state index in [0.717, 1.165) is 68.7 Å². The lowest BCUT2D eigenvalue weighted by molar-refractivity contribution is 0.324. The van der Waals surface area contributed by atoms with E-state index in [1.54, 1.807) is 66.9 Å². The summed E-state index contributed by atoms with van der Waals surface area (Å²) in [7, 11) is 12.5. The predicted molar refractivity (Wildman–Crippen MR) is 238 cm³/mol. The van der Waals surface area contributed by atoms with Crippen molar-refractivity contribution < 1.29 is 37.9 Å².